The van der Waals surface area contributed by atoms with E-state index in [2.05, 4.69) is 15.4 Å². The molecule has 1 aliphatic rings. The van der Waals surface area contributed by atoms with Crippen molar-refractivity contribution in [2.45, 2.75) is 45.1 Å². The fraction of sp³-hybridized carbons (Fsp3) is 0.375. The minimum atomic E-state index is -3.05. The van der Waals surface area contributed by atoms with Crippen LogP contribution in [-0.4, -0.2) is 50.5 Å². The molecule has 0 unspecified atom stereocenters. The van der Waals surface area contributed by atoms with Gasteiger partial charge in [-0.2, -0.15) is 5.10 Å². The average Bonchev–Trinajstić information content (AvgIpc) is 3.52. The number of amides is 2. The van der Waals surface area contributed by atoms with E-state index in [1.54, 1.807) is 11.4 Å². The Morgan fingerprint density at radius 2 is 1.90 bits per heavy atom. The topological polar surface area (TPSA) is 106 Å². The third kappa shape index (κ3) is 6.74. The highest BCUT2D eigenvalue weighted by atomic mass is 35.5. The highest BCUT2D eigenvalue weighted by molar-refractivity contribution is 7.14. The van der Waals surface area contributed by atoms with Crippen LogP contribution in [0.15, 0.2) is 29.6 Å². The summed E-state index contributed by atoms with van der Waals surface area (Å²) in [4.78, 5) is 42.8. The van der Waals surface area contributed by atoms with Crippen molar-refractivity contribution >= 4 is 45.9 Å². The fourth-order valence-corrected chi connectivity index (χ4v) is 5.14. The van der Waals surface area contributed by atoms with E-state index in [1.165, 1.54) is 35.3 Å². The Labute approximate surface area is 228 Å². The summed E-state index contributed by atoms with van der Waals surface area (Å²) in [6, 6.07) is 5.10. The molecule has 0 aliphatic carbocycles. The number of esters is 1. The Kier molecular flexibility index (Phi) is 8.85. The number of aromatic nitrogens is 3. The van der Waals surface area contributed by atoms with Crippen LogP contribution in [0.25, 0.3) is 0 Å². The lowest BCUT2D eigenvalue weighted by Gasteiger charge is -2.31. The monoisotopic (exact) mass is 587 g/mol. The number of anilines is 1. The van der Waals surface area contributed by atoms with E-state index in [0.29, 0.717) is 47.5 Å². The van der Waals surface area contributed by atoms with Crippen molar-refractivity contribution in [2.24, 2.45) is 0 Å². The van der Waals surface area contributed by atoms with Gasteiger partial charge in [0.2, 0.25) is 5.91 Å². The number of alkyl halides is 4. The van der Waals surface area contributed by atoms with E-state index < -0.39 is 48.6 Å². The largest absolute Gasteiger partial charge is 0.424 e. The number of thiazole rings is 1. The van der Waals surface area contributed by atoms with E-state index in [9.17, 15) is 31.9 Å². The minimum absolute atomic E-state index is 0.0227. The van der Waals surface area contributed by atoms with E-state index in [-0.39, 0.29) is 22.3 Å². The molecule has 2 amide bonds. The van der Waals surface area contributed by atoms with Crippen molar-refractivity contribution in [2.75, 3.05) is 18.4 Å². The number of benzene rings is 1. The molecular weight excluding hydrogens is 566 g/mol. The van der Waals surface area contributed by atoms with Gasteiger partial charge in [0.15, 0.2) is 10.9 Å². The van der Waals surface area contributed by atoms with Crippen LogP contribution in [0.2, 0.25) is 5.02 Å². The van der Waals surface area contributed by atoms with Gasteiger partial charge in [0.05, 0.1) is 16.3 Å². The van der Waals surface area contributed by atoms with Crippen LogP contribution in [-0.2, 0) is 16.1 Å². The summed E-state index contributed by atoms with van der Waals surface area (Å²) in [5.41, 5.74) is -0.763. The van der Waals surface area contributed by atoms with Gasteiger partial charge in [-0.25, -0.2) is 22.5 Å². The average molecular weight is 588 g/mol. The Hall–Kier alpha value is -3.52. The third-order valence-corrected chi connectivity index (χ3v) is 7.10. The summed E-state index contributed by atoms with van der Waals surface area (Å²) in [7, 11) is 0. The number of carbonyl (C=O) groups is 3. The molecule has 1 saturated heterocycles. The molecule has 1 aliphatic heterocycles. The zero-order valence-electron chi connectivity index (χ0n) is 20.4. The van der Waals surface area contributed by atoms with Crippen LogP contribution in [0.5, 0.6) is 5.75 Å². The number of nitrogens with zero attached hydrogens (tertiary/aromatic N) is 4. The lowest BCUT2D eigenvalue weighted by molar-refractivity contribution is -0.133. The van der Waals surface area contributed by atoms with Crippen molar-refractivity contribution < 1.29 is 36.7 Å². The second-order valence-electron chi connectivity index (χ2n) is 8.65. The van der Waals surface area contributed by atoms with Crippen LogP contribution < -0.4 is 10.1 Å². The van der Waals surface area contributed by atoms with Crippen molar-refractivity contribution in [3.05, 3.63) is 57.3 Å². The molecule has 4 rings (SSSR count). The third-order valence-electron chi connectivity index (χ3n) is 6.03. The second kappa shape index (κ2) is 12.1. The van der Waals surface area contributed by atoms with Gasteiger partial charge in [0, 0.05) is 31.3 Å². The second-order valence-corrected chi connectivity index (χ2v) is 9.92. The summed E-state index contributed by atoms with van der Waals surface area (Å²) >= 11 is 7.27. The Balaban J connectivity index is 1.35. The van der Waals surface area contributed by atoms with Crippen LogP contribution in [0.4, 0.5) is 22.7 Å². The molecule has 39 heavy (non-hydrogen) atoms. The number of ether oxygens (including phenoxy) is 1. The number of hydrogen-bond donors (Lipinski definition) is 1. The Morgan fingerprint density at radius 1 is 1.18 bits per heavy atom. The van der Waals surface area contributed by atoms with Gasteiger partial charge in [-0.1, -0.05) is 17.7 Å². The lowest BCUT2D eigenvalue weighted by Crippen LogP contribution is -2.40. The summed E-state index contributed by atoms with van der Waals surface area (Å²) in [6.45, 7) is 1.24. The predicted octanol–water partition coefficient (Wildman–Crippen LogP) is 5.45. The molecule has 9 nitrogen and oxygen atoms in total. The first-order valence-corrected chi connectivity index (χ1v) is 12.9. The van der Waals surface area contributed by atoms with Crippen molar-refractivity contribution in [3.63, 3.8) is 0 Å². The molecule has 0 atom stereocenters. The number of likely N-dealkylation sites (tertiary alicyclic amines) is 1. The molecule has 3 aromatic rings. The van der Waals surface area contributed by atoms with E-state index in [4.69, 9.17) is 16.3 Å². The van der Waals surface area contributed by atoms with Gasteiger partial charge in [-0.15, -0.1) is 11.3 Å². The highest BCUT2D eigenvalue weighted by Crippen LogP contribution is 2.33. The summed E-state index contributed by atoms with van der Waals surface area (Å²) in [5, 5.41) is 8.33. The molecule has 3 heterocycles. The first-order valence-electron chi connectivity index (χ1n) is 11.7. The van der Waals surface area contributed by atoms with Gasteiger partial charge in [0.1, 0.15) is 17.9 Å². The fourth-order valence-electron chi connectivity index (χ4n) is 4.14. The minimum Gasteiger partial charge on any atom is -0.424 e. The first kappa shape index (κ1) is 28.5. The molecule has 1 N–H and O–H groups in total. The van der Waals surface area contributed by atoms with Crippen molar-refractivity contribution in [1.82, 2.24) is 19.7 Å². The lowest BCUT2D eigenvalue weighted by atomic mass is 9.94. The molecule has 0 radical (unpaired) electrons. The number of hydrogen-bond acceptors (Lipinski definition) is 7. The van der Waals surface area contributed by atoms with Crippen LogP contribution in [0.1, 0.15) is 66.0 Å². The number of halogens is 5. The molecule has 2 aromatic heterocycles. The maximum Gasteiger partial charge on any atom is 0.308 e. The Bertz CT molecular complexity index is 1370. The summed E-state index contributed by atoms with van der Waals surface area (Å²) < 4.78 is 57.9. The zero-order valence-corrected chi connectivity index (χ0v) is 21.9. The van der Waals surface area contributed by atoms with Crippen molar-refractivity contribution in [3.8, 4) is 5.75 Å². The molecule has 1 aromatic carbocycles. The summed E-state index contributed by atoms with van der Waals surface area (Å²) in [6.07, 6.45) is -5.02. The van der Waals surface area contributed by atoms with Crippen LogP contribution >= 0.6 is 22.9 Å². The predicted molar refractivity (Wildman–Crippen MR) is 134 cm³/mol. The van der Waals surface area contributed by atoms with E-state index in [0.717, 1.165) is 0 Å². The molecular formula is C24H22ClF4N5O4S. The smallest absolute Gasteiger partial charge is 0.308 e. The molecule has 15 heteroatoms. The van der Waals surface area contributed by atoms with Gasteiger partial charge < -0.3 is 9.64 Å². The molecule has 0 bridgehead atoms. The quantitative estimate of drug-likeness (QED) is 0.213. The number of para-hydroxylation sites is 1. The molecule has 0 saturated carbocycles. The van der Waals surface area contributed by atoms with Crippen LogP contribution in [0.3, 0.4) is 0 Å². The van der Waals surface area contributed by atoms with Gasteiger partial charge >= 0.3 is 5.97 Å². The number of nitrogens with one attached hydrogen (secondary N) is 1. The maximum atomic E-state index is 13.2. The number of carbonyl (C=O) groups excluding carboxylic acids is 3. The highest BCUT2D eigenvalue weighted by Gasteiger charge is 2.28. The first-order chi connectivity index (χ1) is 18.5. The zero-order chi connectivity index (χ0) is 28.3. The van der Waals surface area contributed by atoms with Crippen LogP contribution in [0, 0.1) is 0 Å². The standard InChI is InChI=1S/C24H22ClF4N5O4S/c1-12(35)38-20-14(3-2-4-15(20)25)23(37)31-24-30-17(11-39-24)13-5-7-33(8-6-13)19(36)10-34-18(22(28)29)9-16(32-34)21(26)27/h2-4,9,11,13,21-22H,5-8,10H2,1H3,(H,30,31,37). The van der Waals surface area contributed by atoms with E-state index >= 15 is 0 Å². The van der Waals surface area contributed by atoms with Crippen molar-refractivity contribution in [1.29, 1.82) is 0 Å². The Morgan fingerprint density at radius 3 is 2.54 bits per heavy atom. The normalized spacial score (nSPS) is 14.2. The van der Waals surface area contributed by atoms with Gasteiger partial charge in [-0.3, -0.25) is 24.4 Å². The van der Waals surface area contributed by atoms with Gasteiger partial charge in [-0.05, 0) is 31.0 Å². The van der Waals surface area contributed by atoms with Gasteiger partial charge in [0.25, 0.3) is 18.8 Å². The molecule has 208 valence electrons. The SMILES string of the molecule is CC(=O)Oc1c(Cl)cccc1C(=O)Nc1nc(C2CCN(C(=O)Cn3nc(C(F)F)cc3C(F)F)CC2)cs1. The molecule has 1 fully saturated rings. The summed E-state index contributed by atoms with van der Waals surface area (Å²) in [5.74, 6) is -1.78. The number of piperidine rings is 1. The van der Waals surface area contributed by atoms with E-state index in [1.807, 2.05) is 0 Å². The molecule has 0 spiro atoms. The maximum absolute atomic E-state index is 13.2. The number of rotatable bonds is 8.